The second-order valence-corrected chi connectivity index (χ2v) is 7.45. The Labute approximate surface area is 114 Å². The van der Waals surface area contributed by atoms with Gasteiger partial charge in [-0.05, 0) is 51.7 Å². The second-order valence-electron chi connectivity index (χ2n) is 5.76. The van der Waals surface area contributed by atoms with E-state index in [0.717, 1.165) is 24.3 Å². The quantitative estimate of drug-likeness (QED) is 0.827. The van der Waals surface area contributed by atoms with Crippen LogP contribution in [-0.4, -0.2) is 52.3 Å². The summed E-state index contributed by atoms with van der Waals surface area (Å²) in [6.45, 7) is 6.07. The minimum atomic E-state index is -0.525. The standard InChI is InChI=1S/C14H28N2OS/c1-2-3-8-16-9-4-13(5-10-16)15-14-6-11-18(17)12-7-14/h13-15H,2-12H2,1H3. The predicted octanol–water partition coefficient (Wildman–Crippen LogP) is 1.75. The lowest BCUT2D eigenvalue weighted by atomic mass is 10.0. The summed E-state index contributed by atoms with van der Waals surface area (Å²) in [6.07, 6.45) is 7.46. The van der Waals surface area contributed by atoms with Crippen LogP contribution in [0.2, 0.25) is 0 Å². The van der Waals surface area contributed by atoms with Crippen molar-refractivity contribution in [3.8, 4) is 0 Å². The summed E-state index contributed by atoms with van der Waals surface area (Å²) >= 11 is 0. The fourth-order valence-electron chi connectivity index (χ4n) is 3.00. The van der Waals surface area contributed by atoms with Gasteiger partial charge < -0.3 is 10.2 Å². The fourth-order valence-corrected chi connectivity index (χ4v) is 4.30. The first-order valence-corrected chi connectivity index (χ1v) is 9.10. The normalized spacial score (nSPS) is 31.6. The lowest BCUT2D eigenvalue weighted by Gasteiger charge is -2.35. The van der Waals surface area contributed by atoms with Gasteiger partial charge >= 0.3 is 0 Å². The number of nitrogens with zero attached hydrogens (tertiary/aromatic N) is 1. The lowest BCUT2D eigenvalue weighted by Crippen LogP contribution is -2.48. The Bertz CT molecular complexity index is 255. The van der Waals surface area contributed by atoms with Gasteiger partial charge in [-0.2, -0.15) is 0 Å². The first-order valence-electron chi connectivity index (χ1n) is 7.61. The van der Waals surface area contributed by atoms with Crippen molar-refractivity contribution in [3.63, 3.8) is 0 Å². The molecule has 1 N–H and O–H groups in total. The summed E-state index contributed by atoms with van der Waals surface area (Å²) < 4.78 is 11.3. The van der Waals surface area contributed by atoms with E-state index < -0.39 is 10.8 Å². The average Bonchev–Trinajstić information content (AvgIpc) is 2.41. The molecule has 0 spiro atoms. The molecule has 2 heterocycles. The van der Waals surface area contributed by atoms with Gasteiger partial charge in [-0.15, -0.1) is 0 Å². The molecule has 2 aliphatic rings. The van der Waals surface area contributed by atoms with Crippen LogP contribution in [0.3, 0.4) is 0 Å². The van der Waals surface area contributed by atoms with Gasteiger partial charge in [0.1, 0.15) is 0 Å². The van der Waals surface area contributed by atoms with Crippen molar-refractivity contribution < 1.29 is 4.21 Å². The van der Waals surface area contributed by atoms with Crippen molar-refractivity contribution in [2.24, 2.45) is 0 Å². The molecule has 2 rings (SSSR count). The Morgan fingerprint density at radius 3 is 2.33 bits per heavy atom. The molecular formula is C14H28N2OS. The molecule has 0 radical (unpaired) electrons. The zero-order chi connectivity index (χ0) is 12.8. The van der Waals surface area contributed by atoms with E-state index in [1.54, 1.807) is 0 Å². The zero-order valence-electron chi connectivity index (χ0n) is 11.7. The summed E-state index contributed by atoms with van der Waals surface area (Å²) in [7, 11) is -0.525. The monoisotopic (exact) mass is 272 g/mol. The number of unbranched alkanes of at least 4 members (excludes halogenated alkanes) is 1. The summed E-state index contributed by atoms with van der Waals surface area (Å²) in [5.74, 6) is 1.82. The molecule has 2 aliphatic heterocycles. The molecule has 0 aromatic rings. The fraction of sp³-hybridized carbons (Fsp3) is 1.00. The van der Waals surface area contributed by atoms with E-state index in [4.69, 9.17) is 0 Å². The van der Waals surface area contributed by atoms with Gasteiger partial charge in [-0.25, -0.2) is 0 Å². The van der Waals surface area contributed by atoms with Crippen molar-refractivity contribution >= 4 is 10.8 Å². The SMILES string of the molecule is CCCCN1CCC(NC2CCS(=O)CC2)CC1. The summed E-state index contributed by atoms with van der Waals surface area (Å²) in [4.78, 5) is 2.61. The van der Waals surface area contributed by atoms with E-state index in [0.29, 0.717) is 12.1 Å². The first kappa shape index (κ1) is 14.5. The van der Waals surface area contributed by atoms with Crippen LogP contribution in [0.4, 0.5) is 0 Å². The number of nitrogens with one attached hydrogen (secondary N) is 1. The van der Waals surface area contributed by atoms with Crippen LogP contribution in [0.15, 0.2) is 0 Å². The number of hydrogen-bond donors (Lipinski definition) is 1. The van der Waals surface area contributed by atoms with Gasteiger partial charge in [-0.1, -0.05) is 13.3 Å². The largest absolute Gasteiger partial charge is 0.311 e. The van der Waals surface area contributed by atoms with Gasteiger partial charge in [0.15, 0.2) is 0 Å². The van der Waals surface area contributed by atoms with Crippen molar-refractivity contribution in [2.45, 2.75) is 57.5 Å². The maximum absolute atomic E-state index is 11.3. The molecule has 0 saturated carbocycles. The van der Waals surface area contributed by atoms with Gasteiger partial charge in [0.05, 0.1) is 0 Å². The van der Waals surface area contributed by atoms with Crippen LogP contribution in [-0.2, 0) is 10.8 Å². The minimum absolute atomic E-state index is 0.525. The van der Waals surface area contributed by atoms with E-state index in [1.807, 2.05) is 0 Å². The van der Waals surface area contributed by atoms with E-state index in [-0.39, 0.29) is 0 Å². The van der Waals surface area contributed by atoms with Crippen molar-refractivity contribution in [1.29, 1.82) is 0 Å². The summed E-state index contributed by atoms with van der Waals surface area (Å²) in [6, 6.07) is 1.34. The highest BCUT2D eigenvalue weighted by molar-refractivity contribution is 7.85. The average molecular weight is 272 g/mol. The Balaban J connectivity index is 1.62. The third kappa shape index (κ3) is 4.63. The third-order valence-corrected chi connectivity index (χ3v) is 5.66. The van der Waals surface area contributed by atoms with E-state index in [9.17, 15) is 4.21 Å². The molecule has 0 unspecified atom stereocenters. The molecule has 0 aliphatic carbocycles. The second kappa shape index (κ2) is 7.61. The van der Waals surface area contributed by atoms with Crippen LogP contribution in [0, 0.1) is 0 Å². The maximum atomic E-state index is 11.3. The zero-order valence-corrected chi connectivity index (χ0v) is 12.5. The van der Waals surface area contributed by atoms with Gasteiger partial charge in [0.25, 0.3) is 0 Å². The number of piperidine rings is 1. The molecule has 106 valence electrons. The molecule has 2 saturated heterocycles. The Morgan fingerprint density at radius 1 is 1.11 bits per heavy atom. The highest BCUT2D eigenvalue weighted by Crippen LogP contribution is 2.15. The van der Waals surface area contributed by atoms with Gasteiger partial charge in [0.2, 0.25) is 0 Å². The molecule has 18 heavy (non-hydrogen) atoms. The Hall–Kier alpha value is 0.0700. The predicted molar refractivity (Wildman–Crippen MR) is 78.4 cm³/mol. The molecular weight excluding hydrogens is 244 g/mol. The molecule has 4 heteroatoms. The van der Waals surface area contributed by atoms with Crippen LogP contribution in [0.1, 0.15) is 45.4 Å². The molecule has 2 fully saturated rings. The molecule has 0 aromatic carbocycles. The molecule has 3 nitrogen and oxygen atoms in total. The number of likely N-dealkylation sites (tertiary alicyclic amines) is 1. The van der Waals surface area contributed by atoms with Crippen LogP contribution in [0.25, 0.3) is 0 Å². The first-order chi connectivity index (χ1) is 8.78. The van der Waals surface area contributed by atoms with E-state index in [1.165, 1.54) is 45.3 Å². The van der Waals surface area contributed by atoms with Crippen LogP contribution < -0.4 is 5.32 Å². The topological polar surface area (TPSA) is 32.3 Å². The highest BCUT2D eigenvalue weighted by Gasteiger charge is 2.23. The Morgan fingerprint density at radius 2 is 1.72 bits per heavy atom. The van der Waals surface area contributed by atoms with Crippen molar-refractivity contribution in [2.75, 3.05) is 31.1 Å². The van der Waals surface area contributed by atoms with Crippen LogP contribution >= 0.6 is 0 Å². The summed E-state index contributed by atoms with van der Waals surface area (Å²) in [5, 5.41) is 3.79. The minimum Gasteiger partial charge on any atom is -0.311 e. The number of rotatable bonds is 5. The van der Waals surface area contributed by atoms with Crippen molar-refractivity contribution in [1.82, 2.24) is 10.2 Å². The lowest BCUT2D eigenvalue weighted by molar-refractivity contribution is 0.187. The van der Waals surface area contributed by atoms with E-state index >= 15 is 0 Å². The van der Waals surface area contributed by atoms with Crippen LogP contribution in [0.5, 0.6) is 0 Å². The molecule has 0 aromatic heterocycles. The van der Waals surface area contributed by atoms with Gasteiger partial charge in [-0.3, -0.25) is 4.21 Å². The number of hydrogen-bond acceptors (Lipinski definition) is 3. The highest BCUT2D eigenvalue weighted by atomic mass is 32.2. The molecule has 0 bridgehead atoms. The third-order valence-electron chi connectivity index (χ3n) is 4.27. The smallest absolute Gasteiger partial charge is 0.0249 e. The van der Waals surface area contributed by atoms with Crippen molar-refractivity contribution in [3.05, 3.63) is 0 Å². The van der Waals surface area contributed by atoms with E-state index in [2.05, 4.69) is 17.1 Å². The Kier molecular flexibility index (Phi) is 6.12. The molecule has 0 atom stereocenters. The molecule has 0 amide bonds. The van der Waals surface area contributed by atoms with Gasteiger partial charge in [0, 0.05) is 34.4 Å². The maximum Gasteiger partial charge on any atom is 0.0249 e. The summed E-state index contributed by atoms with van der Waals surface area (Å²) in [5.41, 5.74) is 0.